The molecule has 98 valence electrons. The average Bonchev–Trinajstić information content (AvgIpc) is 2.11. The average molecular weight is 257 g/mol. The summed E-state index contributed by atoms with van der Waals surface area (Å²) in [4.78, 5) is 1.65. The molecule has 0 aliphatic carbocycles. The van der Waals surface area contributed by atoms with E-state index in [0.717, 1.165) is 0 Å². The van der Waals surface area contributed by atoms with Gasteiger partial charge in [0.2, 0.25) is 0 Å². The second kappa shape index (κ2) is 7.93. The van der Waals surface area contributed by atoms with Crippen molar-refractivity contribution in [2.75, 3.05) is 45.7 Å². The van der Waals surface area contributed by atoms with Gasteiger partial charge in [-0.05, 0) is 0 Å². The first-order chi connectivity index (χ1) is 7.39. The second-order valence-corrected chi connectivity index (χ2v) is 4.92. The van der Waals surface area contributed by atoms with Crippen molar-refractivity contribution in [2.45, 2.75) is 6.10 Å². The van der Waals surface area contributed by atoms with Gasteiger partial charge in [-0.1, -0.05) is 0 Å². The molecule has 0 bridgehead atoms. The molecule has 1 atom stereocenters. The molecular weight excluding hydrogens is 238 g/mol. The predicted octanol–water partition coefficient (Wildman–Crippen LogP) is -1.82. The summed E-state index contributed by atoms with van der Waals surface area (Å²) in [5, 5.41) is 18.1. The number of ether oxygens (including phenoxy) is 1. The van der Waals surface area contributed by atoms with Crippen molar-refractivity contribution in [1.82, 2.24) is 4.90 Å². The van der Waals surface area contributed by atoms with Crippen molar-refractivity contribution in [3.8, 4) is 0 Å². The van der Waals surface area contributed by atoms with Crippen molar-refractivity contribution in [1.29, 1.82) is 0 Å². The summed E-state index contributed by atoms with van der Waals surface area (Å²) < 4.78 is 34.4. The highest BCUT2D eigenvalue weighted by atomic mass is 32.2. The van der Waals surface area contributed by atoms with E-state index in [0.29, 0.717) is 19.7 Å². The Bertz CT molecular complexity index is 268. The van der Waals surface area contributed by atoms with Gasteiger partial charge in [-0.15, -0.1) is 0 Å². The zero-order valence-electron chi connectivity index (χ0n) is 9.24. The molecule has 0 aliphatic heterocycles. The molecule has 0 saturated carbocycles. The van der Waals surface area contributed by atoms with E-state index in [2.05, 4.69) is 0 Å². The molecule has 0 saturated heterocycles. The van der Waals surface area contributed by atoms with Crippen LogP contribution >= 0.6 is 0 Å². The van der Waals surface area contributed by atoms with Gasteiger partial charge in [0, 0.05) is 26.7 Å². The second-order valence-electron chi connectivity index (χ2n) is 3.42. The van der Waals surface area contributed by atoms with Crippen LogP contribution in [0.5, 0.6) is 0 Å². The lowest BCUT2D eigenvalue weighted by atomic mass is 10.3. The van der Waals surface area contributed by atoms with E-state index in [1.165, 1.54) is 7.11 Å². The van der Waals surface area contributed by atoms with E-state index in [1.807, 2.05) is 0 Å². The summed E-state index contributed by atoms with van der Waals surface area (Å²) in [5.74, 6) is -0.706. The van der Waals surface area contributed by atoms with Crippen LogP contribution in [0.4, 0.5) is 0 Å². The molecule has 8 heteroatoms. The molecule has 0 heterocycles. The highest BCUT2D eigenvalue weighted by Gasteiger charge is 2.17. The number of aliphatic hydroxyl groups excluding tert-OH is 2. The van der Waals surface area contributed by atoms with Gasteiger partial charge in [-0.2, -0.15) is 8.42 Å². The van der Waals surface area contributed by atoms with Crippen LogP contribution in [0.25, 0.3) is 0 Å². The molecule has 0 aromatic heterocycles. The number of hydrogen-bond donors (Lipinski definition) is 3. The van der Waals surface area contributed by atoms with Gasteiger partial charge in [0.15, 0.2) is 0 Å². The minimum absolute atomic E-state index is 0.0592. The smallest absolute Gasteiger partial charge is 0.267 e. The van der Waals surface area contributed by atoms with Crippen molar-refractivity contribution in [3.05, 3.63) is 0 Å². The Morgan fingerprint density at radius 2 is 2.00 bits per heavy atom. The fourth-order valence-electron chi connectivity index (χ4n) is 1.25. The lowest BCUT2D eigenvalue weighted by Crippen LogP contribution is -2.39. The summed E-state index contributed by atoms with van der Waals surface area (Å²) in [7, 11) is -2.66. The van der Waals surface area contributed by atoms with Gasteiger partial charge in [0.25, 0.3) is 10.1 Å². The van der Waals surface area contributed by atoms with Crippen molar-refractivity contribution < 1.29 is 27.9 Å². The van der Waals surface area contributed by atoms with Gasteiger partial charge in [0.05, 0.1) is 19.3 Å². The van der Waals surface area contributed by atoms with Crippen molar-refractivity contribution in [2.24, 2.45) is 0 Å². The minimum Gasteiger partial charge on any atom is -0.395 e. The molecule has 0 fully saturated rings. The van der Waals surface area contributed by atoms with E-state index >= 15 is 0 Å². The maximum atomic E-state index is 10.5. The number of nitrogens with zero attached hydrogens (tertiary/aromatic N) is 1. The normalized spacial score (nSPS) is 14.3. The van der Waals surface area contributed by atoms with Crippen LogP contribution in [-0.2, 0) is 14.9 Å². The van der Waals surface area contributed by atoms with Crippen LogP contribution in [0.2, 0.25) is 0 Å². The molecular formula is C8H19NO6S. The van der Waals surface area contributed by atoms with E-state index in [-0.39, 0.29) is 13.2 Å². The van der Waals surface area contributed by atoms with Crippen molar-refractivity contribution in [3.63, 3.8) is 0 Å². The fraction of sp³-hybridized carbons (Fsp3) is 1.00. The third-order valence-electron chi connectivity index (χ3n) is 1.90. The monoisotopic (exact) mass is 257 g/mol. The summed E-state index contributed by atoms with van der Waals surface area (Å²) in [6.07, 6.45) is -1.18. The fourth-order valence-corrected chi connectivity index (χ4v) is 1.84. The van der Waals surface area contributed by atoms with Gasteiger partial charge in [-0.25, -0.2) is 0 Å². The van der Waals surface area contributed by atoms with Crippen LogP contribution in [0.1, 0.15) is 0 Å². The predicted molar refractivity (Wildman–Crippen MR) is 57.8 cm³/mol. The molecule has 0 aromatic carbocycles. The third-order valence-corrected chi connectivity index (χ3v) is 2.71. The molecule has 16 heavy (non-hydrogen) atoms. The molecule has 0 rings (SSSR count). The highest BCUT2D eigenvalue weighted by molar-refractivity contribution is 7.85. The summed E-state index contributed by atoms with van der Waals surface area (Å²) in [6, 6.07) is 0. The molecule has 0 aromatic rings. The molecule has 1 unspecified atom stereocenters. The van der Waals surface area contributed by atoms with Gasteiger partial charge in [0.1, 0.15) is 5.75 Å². The summed E-state index contributed by atoms with van der Waals surface area (Å²) in [6.45, 7) is 1.16. The van der Waals surface area contributed by atoms with Crippen LogP contribution < -0.4 is 0 Å². The molecule has 7 nitrogen and oxygen atoms in total. The minimum atomic E-state index is -4.17. The molecule has 0 radical (unpaired) electrons. The Morgan fingerprint density at radius 3 is 2.44 bits per heavy atom. The Labute approximate surface area is 95.4 Å². The highest BCUT2D eigenvalue weighted by Crippen LogP contribution is 1.96. The topological polar surface area (TPSA) is 107 Å². The largest absolute Gasteiger partial charge is 0.395 e. The lowest BCUT2D eigenvalue weighted by molar-refractivity contribution is 0.0865. The van der Waals surface area contributed by atoms with Crippen LogP contribution in [0.3, 0.4) is 0 Å². The lowest BCUT2D eigenvalue weighted by Gasteiger charge is -2.23. The van der Waals surface area contributed by atoms with Gasteiger partial charge < -0.3 is 14.9 Å². The van der Waals surface area contributed by atoms with Crippen LogP contribution in [0.15, 0.2) is 0 Å². The summed E-state index contributed by atoms with van der Waals surface area (Å²) >= 11 is 0. The number of hydrogen-bond acceptors (Lipinski definition) is 6. The third kappa shape index (κ3) is 9.01. The zero-order valence-corrected chi connectivity index (χ0v) is 10.1. The maximum absolute atomic E-state index is 10.5. The Kier molecular flexibility index (Phi) is 7.81. The van der Waals surface area contributed by atoms with Gasteiger partial charge in [-0.3, -0.25) is 9.45 Å². The first-order valence-electron chi connectivity index (χ1n) is 4.84. The Hall–Kier alpha value is -0.250. The first-order valence-corrected chi connectivity index (χ1v) is 6.45. The summed E-state index contributed by atoms with van der Waals surface area (Å²) in [5.41, 5.74) is 0. The number of rotatable bonds is 9. The quantitative estimate of drug-likeness (QED) is 0.417. The first kappa shape index (κ1) is 15.8. The Morgan fingerprint density at radius 1 is 1.38 bits per heavy atom. The van der Waals surface area contributed by atoms with E-state index in [9.17, 15) is 13.5 Å². The van der Waals surface area contributed by atoms with Crippen LogP contribution in [0, 0.1) is 0 Å². The number of methoxy groups -OCH3 is 1. The molecule has 0 spiro atoms. The maximum Gasteiger partial charge on any atom is 0.267 e. The molecule has 3 N–H and O–H groups in total. The number of aliphatic hydroxyl groups is 2. The zero-order chi connectivity index (χ0) is 12.6. The van der Waals surface area contributed by atoms with Crippen molar-refractivity contribution >= 4 is 10.1 Å². The van der Waals surface area contributed by atoms with E-state index in [1.54, 1.807) is 4.90 Å². The molecule has 0 aliphatic rings. The van der Waals surface area contributed by atoms with Crippen LogP contribution in [-0.4, -0.2) is 79.9 Å². The molecule has 0 amide bonds. The van der Waals surface area contributed by atoms with E-state index in [4.69, 9.17) is 14.4 Å². The van der Waals surface area contributed by atoms with Gasteiger partial charge >= 0.3 is 0 Å². The van der Waals surface area contributed by atoms with E-state index < -0.39 is 22.0 Å². The Balaban J connectivity index is 4.06. The standard InChI is InChI=1S/C8H19NO6S/c1-15-5-3-9(2-4-10)6-8(11)7-16(12,13)14/h8,10-11H,2-7H2,1H3,(H,12,13,14). The SMILES string of the molecule is COCCN(CCO)CC(O)CS(=O)(=O)O.